The molecule has 0 amide bonds. The van der Waals surface area contributed by atoms with E-state index in [1.807, 2.05) is 44.2 Å². The fraction of sp³-hybridized carbons (Fsp3) is 0.188. The van der Waals surface area contributed by atoms with Crippen LogP contribution in [-0.4, -0.2) is 13.5 Å². The minimum absolute atomic E-state index is 0.146. The molecule has 0 fully saturated rings. The summed E-state index contributed by atoms with van der Waals surface area (Å²) >= 11 is 0. The molecule has 0 bridgehead atoms. The van der Waals surface area contributed by atoms with Gasteiger partial charge >= 0.3 is 0 Å². The van der Waals surface area contributed by atoms with Crippen LogP contribution in [0.4, 0.5) is 0 Å². The van der Waals surface area contributed by atoms with Gasteiger partial charge in [0.15, 0.2) is 0 Å². The fourth-order valence-electron chi connectivity index (χ4n) is 1.65. The van der Waals surface area contributed by atoms with Crippen molar-refractivity contribution in [1.82, 2.24) is 0 Å². The number of carbonyl (C=O) groups is 1. The van der Waals surface area contributed by atoms with Crippen molar-refractivity contribution in [2.45, 2.75) is 25.7 Å². The topological polar surface area (TPSA) is 51.2 Å². The second kappa shape index (κ2) is 8.00. The molecule has 3 nitrogen and oxygen atoms in total. The van der Waals surface area contributed by atoms with E-state index in [1.54, 1.807) is 12.1 Å². The normalized spacial score (nSPS) is 10.4. The van der Waals surface area contributed by atoms with Crippen LogP contribution in [0.15, 0.2) is 59.5 Å². The largest absolute Gasteiger partial charge is 0.286 e. The molecule has 0 saturated carbocycles. The summed E-state index contributed by atoms with van der Waals surface area (Å²) in [6, 6.07) is 16.2. The minimum Gasteiger partial charge on any atom is -0.286 e. The third kappa shape index (κ3) is 5.02. The van der Waals surface area contributed by atoms with E-state index in [9.17, 15) is 13.2 Å². The van der Waals surface area contributed by atoms with Gasteiger partial charge in [0.25, 0.3) is 0 Å². The summed E-state index contributed by atoms with van der Waals surface area (Å²) < 4.78 is 23.7. The van der Waals surface area contributed by atoms with Crippen molar-refractivity contribution in [3.8, 4) is 11.1 Å². The maximum Gasteiger partial charge on any atom is 0.237 e. The Morgan fingerprint density at radius 2 is 1.33 bits per heavy atom. The lowest BCUT2D eigenvalue weighted by atomic mass is 10.1. The van der Waals surface area contributed by atoms with E-state index in [-0.39, 0.29) is 4.90 Å². The van der Waals surface area contributed by atoms with Crippen LogP contribution in [0.1, 0.15) is 20.8 Å². The third-order valence-electron chi connectivity index (χ3n) is 2.48. The molecule has 0 heterocycles. The standard InChI is InChI=1S/C14H12O3S2.C2H6/c1-11(15)18-19(16,17)14-9-7-13(8-10-14)12-5-3-2-4-6-12;1-2/h2-10H,1H3;1-2H3. The third-order valence-corrected chi connectivity index (χ3v) is 5.72. The van der Waals surface area contributed by atoms with E-state index in [0.29, 0.717) is 10.8 Å². The number of rotatable bonds is 3. The molecule has 0 atom stereocenters. The maximum absolute atomic E-state index is 11.8. The lowest BCUT2D eigenvalue weighted by molar-refractivity contribution is -0.109. The van der Waals surface area contributed by atoms with Crippen LogP contribution in [0.25, 0.3) is 11.1 Å². The van der Waals surface area contributed by atoms with Crippen molar-refractivity contribution in [2.24, 2.45) is 0 Å². The summed E-state index contributed by atoms with van der Waals surface area (Å²) in [5.74, 6) is 0. The quantitative estimate of drug-likeness (QED) is 0.788. The Hall–Kier alpha value is -1.59. The first kappa shape index (κ1) is 17.5. The summed E-state index contributed by atoms with van der Waals surface area (Å²) in [6.45, 7) is 5.24. The van der Waals surface area contributed by atoms with Gasteiger partial charge in [-0.25, -0.2) is 8.42 Å². The molecule has 2 aromatic rings. The molecule has 0 aliphatic rings. The van der Waals surface area contributed by atoms with Crippen molar-refractivity contribution in [2.75, 3.05) is 0 Å². The number of carbonyl (C=O) groups excluding carboxylic acids is 1. The maximum atomic E-state index is 11.8. The van der Waals surface area contributed by atoms with Gasteiger partial charge in [0.2, 0.25) is 14.0 Å². The Balaban J connectivity index is 0.00000106. The molecule has 21 heavy (non-hydrogen) atoms. The van der Waals surface area contributed by atoms with E-state index >= 15 is 0 Å². The van der Waals surface area contributed by atoms with E-state index in [4.69, 9.17) is 0 Å². The molecule has 0 aliphatic carbocycles. The molecule has 112 valence electrons. The zero-order valence-corrected chi connectivity index (χ0v) is 13.9. The Morgan fingerprint density at radius 1 is 0.857 bits per heavy atom. The monoisotopic (exact) mass is 322 g/mol. The van der Waals surface area contributed by atoms with Crippen LogP contribution in [0.5, 0.6) is 0 Å². The second-order valence-electron chi connectivity index (χ2n) is 3.92. The number of benzene rings is 2. The molecule has 0 unspecified atom stereocenters. The van der Waals surface area contributed by atoms with Crippen molar-refractivity contribution in [1.29, 1.82) is 0 Å². The molecule has 2 aromatic carbocycles. The van der Waals surface area contributed by atoms with Crippen molar-refractivity contribution in [3.05, 3.63) is 54.6 Å². The molecule has 0 aromatic heterocycles. The summed E-state index contributed by atoms with van der Waals surface area (Å²) in [5.41, 5.74) is 1.96. The van der Waals surface area contributed by atoms with Gasteiger partial charge in [-0.2, -0.15) is 0 Å². The van der Waals surface area contributed by atoms with Crippen LogP contribution in [0.2, 0.25) is 0 Å². The molecule has 2 rings (SSSR count). The fourth-order valence-corrected chi connectivity index (χ4v) is 4.07. The first-order chi connectivity index (χ1) is 9.99. The minimum atomic E-state index is -3.59. The molecular formula is C16H18O3S2. The zero-order valence-electron chi connectivity index (χ0n) is 12.2. The van der Waals surface area contributed by atoms with Gasteiger partial charge in [-0.3, -0.25) is 4.79 Å². The molecule has 0 spiro atoms. The van der Waals surface area contributed by atoms with Gasteiger partial charge in [-0.15, -0.1) is 0 Å². The van der Waals surface area contributed by atoms with Crippen molar-refractivity contribution >= 4 is 24.8 Å². The van der Waals surface area contributed by atoms with Crippen LogP contribution >= 0.6 is 10.8 Å². The summed E-state index contributed by atoms with van der Waals surface area (Å²) in [5, 5.41) is -0.438. The van der Waals surface area contributed by atoms with Crippen LogP contribution in [0.3, 0.4) is 0 Å². The van der Waals surface area contributed by atoms with E-state index < -0.39 is 14.0 Å². The molecule has 0 N–H and O–H groups in total. The number of hydrogen-bond donors (Lipinski definition) is 0. The second-order valence-corrected chi connectivity index (χ2v) is 7.86. The predicted molar refractivity (Wildman–Crippen MR) is 88.7 cm³/mol. The summed E-state index contributed by atoms with van der Waals surface area (Å²) in [4.78, 5) is 11.1. The van der Waals surface area contributed by atoms with Crippen LogP contribution < -0.4 is 0 Å². The summed E-state index contributed by atoms with van der Waals surface area (Å²) in [7, 11) is -3.25. The van der Waals surface area contributed by atoms with Crippen molar-refractivity contribution < 1.29 is 13.2 Å². The van der Waals surface area contributed by atoms with Gasteiger partial charge in [-0.05, 0) is 23.3 Å². The van der Waals surface area contributed by atoms with Gasteiger partial charge in [0.05, 0.1) is 4.90 Å². The Bertz CT molecular complexity index is 675. The van der Waals surface area contributed by atoms with Crippen LogP contribution in [-0.2, 0) is 13.7 Å². The lowest BCUT2D eigenvalue weighted by Gasteiger charge is -2.04. The molecular weight excluding hydrogens is 304 g/mol. The lowest BCUT2D eigenvalue weighted by Crippen LogP contribution is -1.98. The van der Waals surface area contributed by atoms with Crippen molar-refractivity contribution in [3.63, 3.8) is 0 Å². The molecule has 5 heteroatoms. The van der Waals surface area contributed by atoms with E-state index in [2.05, 4.69) is 0 Å². The highest BCUT2D eigenvalue weighted by Crippen LogP contribution is 2.26. The Morgan fingerprint density at radius 3 is 1.81 bits per heavy atom. The average Bonchev–Trinajstić information content (AvgIpc) is 2.49. The van der Waals surface area contributed by atoms with Gasteiger partial charge in [-0.1, -0.05) is 56.3 Å². The van der Waals surface area contributed by atoms with E-state index in [1.165, 1.54) is 19.1 Å². The number of hydrogen-bond acceptors (Lipinski definition) is 4. The van der Waals surface area contributed by atoms with Crippen LogP contribution in [0, 0.1) is 0 Å². The zero-order chi connectivity index (χ0) is 15.9. The highest BCUT2D eigenvalue weighted by atomic mass is 33.1. The molecule has 0 radical (unpaired) electrons. The smallest absolute Gasteiger partial charge is 0.237 e. The van der Waals surface area contributed by atoms with Gasteiger partial charge < -0.3 is 0 Å². The van der Waals surface area contributed by atoms with E-state index in [0.717, 1.165) is 11.1 Å². The summed E-state index contributed by atoms with van der Waals surface area (Å²) in [6.07, 6.45) is 0. The first-order valence-corrected chi connectivity index (χ1v) is 9.41. The van der Waals surface area contributed by atoms with Gasteiger partial charge in [0.1, 0.15) is 0 Å². The highest BCUT2D eigenvalue weighted by molar-refractivity contribution is 8.77. The predicted octanol–water partition coefficient (Wildman–Crippen LogP) is 4.35. The first-order valence-electron chi connectivity index (χ1n) is 6.59. The molecule has 0 aliphatic heterocycles. The highest BCUT2D eigenvalue weighted by Gasteiger charge is 2.17. The Labute approximate surface area is 129 Å². The molecule has 0 saturated heterocycles. The average molecular weight is 322 g/mol. The van der Waals surface area contributed by atoms with Gasteiger partial charge in [0, 0.05) is 17.7 Å². The Kier molecular flexibility index (Phi) is 6.65. The SMILES string of the molecule is CC.CC(=O)SS(=O)(=O)c1ccc(-c2ccccc2)cc1.